The Labute approximate surface area is 95.1 Å². The van der Waals surface area contributed by atoms with Gasteiger partial charge in [-0.05, 0) is 6.42 Å². The lowest BCUT2D eigenvalue weighted by Crippen LogP contribution is -2.24. The molecule has 0 spiro atoms. The van der Waals surface area contributed by atoms with Gasteiger partial charge in [-0.25, -0.2) is 0 Å². The molecule has 0 aromatic rings. The summed E-state index contributed by atoms with van der Waals surface area (Å²) in [6.45, 7) is 2.62. The highest BCUT2D eigenvalue weighted by atomic mass is 16.7. The molecule has 0 rings (SSSR count). The molecular formula is C10H20O6. The van der Waals surface area contributed by atoms with Crippen LogP contribution in [0.15, 0.2) is 0 Å². The first-order chi connectivity index (χ1) is 7.70. The highest BCUT2D eigenvalue weighted by Crippen LogP contribution is 1.96. The molecule has 1 unspecified atom stereocenters. The van der Waals surface area contributed by atoms with Crippen molar-refractivity contribution >= 4 is 5.97 Å². The first-order valence-electron chi connectivity index (χ1n) is 5.34. The van der Waals surface area contributed by atoms with E-state index in [4.69, 9.17) is 14.6 Å². The van der Waals surface area contributed by atoms with Crippen LogP contribution in [0.4, 0.5) is 0 Å². The Hall–Kier alpha value is -0.690. The van der Waals surface area contributed by atoms with Gasteiger partial charge < -0.3 is 24.4 Å². The van der Waals surface area contributed by atoms with Crippen molar-refractivity contribution in [1.29, 1.82) is 0 Å². The molecule has 0 aromatic heterocycles. The average Bonchev–Trinajstić information content (AvgIpc) is 2.23. The predicted molar refractivity (Wildman–Crippen MR) is 55.7 cm³/mol. The standard InChI is InChI=1S/C10H20O6/c1-2-3-9(12)16-10(13)8-15-7-6-14-5-4-11/h10-11,13H,2-8H2,1H3. The van der Waals surface area contributed by atoms with Crippen LogP contribution in [0.25, 0.3) is 0 Å². The van der Waals surface area contributed by atoms with Crippen LogP contribution in [0.3, 0.4) is 0 Å². The lowest BCUT2D eigenvalue weighted by molar-refractivity contribution is -0.177. The maximum absolute atomic E-state index is 10.9. The number of carbonyl (C=O) groups is 1. The van der Waals surface area contributed by atoms with Crippen LogP contribution in [0.1, 0.15) is 19.8 Å². The molecule has 0 aliphatic carbocycles. The molecule has 0 amide bonds. The molecule has 0 radical (unpaired) electrons. The van der Waals surface area contributed by atoms with Gasteiger partial charge in [0.15, 0.2) is 0 Å². The first kappa shape index (κ1) is 15.3. The van der Waals surface area contributed by atoms with E-state index < -0.39 is 12.3 Å². The topological polar surface area (TPSA) is 85.2 Å². The van der Waals surface area contributed by atoms with E-state index in [0.29, 0.717) is 13.0 Å². The third-order valence-electron chi connectivity index (χ3n) is 1.59. The van der Waals surface area contributed by atoms with Gasteiger partial charge in [-0.15, -0.1) is 0 Å². The Morgan fingerprint density at radius 1 is 1.25 bits per heavy atom. The number of aliphatic hydroxyl groups excluding tert-OH is 2. The first-order valence-corrected chi connectivity index (χ1v) is 5.34. The van der Waals surface area contributed by atoms with Crippen molar-refractivity contribution in [1.82, 2.24) is 0 Å². The minimum absolute atomic E-state index is 0.0305. The summed E-state index contributed by atoms with van der Waals surface area (Å²) in [6.07, 6.45) is -0.255. The van der Waals surface area contributed by atoms with Crippen molar-refractivity contribution in [2.45, 2.75) is 26.1 Å². The summed E-state index contributed by atoms with van der Waals surface area (Å²) in [6, 6.07) is 0. The molecule has 0 fully saturated rings. The van der Waals surface area contributed by atoms with E-state index >= 15 is 0 Å². The zero-order chi connectivity index (χ0) is 12.2. The lowest BCUT2D eigenvalue weighted by Gasteiger charge is -2.12. The second-order valence-electron chi connectivity index (χ2n) is 3.11. The fourth-order valence-electron chi connectivity index (χ4n) is 0.917. The van der Waals surface area contributed by atoms with Gasteiger partial charge in [0.05, 0.1) is 26.4 Å². The van der Waals surface area contributed by atoms with Gasteiger partial charge in [-0.2, -0.15) is 0 Å². The highest BCUT2D eigenvalue weighted by Gasteiger charge is 2.09. The molecular weight excluding hydrogens is 216 g/mol. The zero-order valence-corrected chi connectivity index (χ0v) is 9.55. The quantitative estimate of drug-likeness (QED) is 0.307. The Morgan fingerprint density at radius 2 is 1.94 bits per heavy atom. The molecule has 0 aromatic carbocycles. The van der Waals surface area contributed by atoms with Crippen LogP contribution in [-0.4, -0.2) is 55.5 Å². The normalized spacial score (nSPS) is 12.4. The van der Waals surface area contributed by atoms with E-state index in [0.717, 1.165) is 0 Å². The number of rotatable bonds is 10. The van der Waals surface area contributed by atoms with E-state index in [-0.39, 0.29) is 32.8 Å². The van der Waals surface area contributed by atoms with Crippen molar-refractivity contribution < 1.29 is 29.2 Å². The third-order valence-corrected chi connectivity index (χ3v) is 1.59. The zero-order valence-electron chi connectivity index (χ0n) is 9.55. The Bertz CT molecular complexity index is 173. The summed E-state index contributed by atoms with van der Waals surface area (Å²) in [5.74, 6) is -0.435. The van der Waals surface area contributed by atoms with Gasteiger partial charge in [0.2, 0.25) is 6.29 Å². The Kier molecular flexibility index (Phi) is 10.3. The van der Waals surface area contributed by atoms with E-state index in [1.165, 1.54) is 0 Å². The number of ether oxygens (including phenoxy) is 3. The van der Waals surface area contributed by atoms with E-state index in [1.54, 1.807) is 0 Å². The monoisotopic (exact) mass is 236 g/mol. The van der Waals surface area contributed by atoms with Gasteiger partial charge in [0, 0.05) is 6.42 Å². The molecule has 0 saturated carbocycles. The minimum Gasteiger partial charge on any atom is -0.433 e. The van der Waals surface area contributed by atoms with Crippen molar-refractivity contribution in [3.8, 4) is 0 Å². The number of carbonyl (C=O) groups excluding carboxylic acids is 1. The van der Waals surface area contributed by atoms with Crippen LogP contribution < -0.4 is 0 Å². The van der Waals surface area contributed by atoms with Crippen LogP contribution in [-0.2, 0) is 19.0 Å². The van der Waals surface area contributed by atoms with E-state index in [2.05, 4.69) is 4.74 Å². The number of aliphatic hydroxyl groups is 2. The maximum Gasteiger partial charge on any atom is 0.308 e. The largest absolute Gasteiger partial charge is 0.433 e. The summed E-state index contributed by atoms with van der Waals surface area (Å²) < 4.78 is 14.5. The fraction of sp³-hybridized carbons (Fsp3) is 0.900. The van der Waals surface area contributed by atoms with E-state index in [9.17, 15) is 9.90 Å². The average molecular weight is 236 g/mol. The Morgan fingerprint density at radius 3 is 2.56 bits per heavy atom. The second-order valence-corrected chi connectivity index (χ2v) is 3.11. The molecule has 0 bridgehead atoms. The van der Waals surface area contributed by atoms with Gasteiger partial charge in [0.1, 0.15) is 6.61 Å². The molecule has 0 aliphatic heterocycles. The van der Waals surface area contributed by atoms with Crippen molar-refractivity contribution in [2.24, 2.45) is 0 Å². The minimum atomic E-state index is -1.23. The number of esters is 1. The number of hydrogen-bond acceptors (Lipinski definition) is 6. The molecule has 16 heavy (non-hydrogen) atoms. The smallest absolute Gasteiger partial charge is 0.308 e. The molecule has 96 valence electrons. The van der Waals surface area contributed by atoms with Crippen LogP contribution in [0, 0.1) is 0 Å². The van der Waals surface area contributed by atoms with Crippen molar-refractivity contribution in [3.05, 3.63) is 0 Å². The predicted octanol–water partition coefficient (Wildman–Crippen LogP) is -0.326. The van der Waals surface area contributed by atoms with E-state index in [1.807, 2.05) is 6.92 Å². The second kappa shape index (κ2) is 10.8. The van der Waals surface area contributed by atoms with Gasteiger partial charge in [-0.3, -0.25) is 4.79 Å². The molecule has 0 heterocycles. The van der Waals surface area contributed by atoms with Gasteiger partial charge in [0.25, 0.3) is 0 Å². The van der Waals surface area contributed by atoms with Gasteiger partial charge >= 0.3 is 5.97 Å². The summed E-state index contributed by atoms with van der Waals surface area (Å²) in [5, 5.41) is 17.6. The van der Waals surface area contributed by atoms with Gasteiger partial charge in [-0.1, -0.05) is 6.92 Å². The molecule has 6 nitrogen and oxygen atoms in total. The van der Waals surface area contributed by atoms with Crippen molar-refractivity contribution in [2.75, 3.05) is 33.0 Å². The molecule has 1 atom stereocenters. The summed E-state index contributed by atoms with van der Waals surface area (Å²) in [4.78, 5) is 10.9. The fourth-order valence-corrected chi connectivity index (χ4v) is 0.917. The van der Waals surface area contributed by atoms with Crippen molar-refractivity contribution in [3.63, 3.8) is 0 Å². The molecule has 2 N–H and O–H groups in total. The number of hydrogen-bond donors (Lipinski definition) is 2. The van der Waals surface area contributed by atoms with Crippen LogP contribution in [0.5, 0.6) is 0 Å². The molecule has 0 aliphatic rings. The van der Waals surface area contributed by atoms with Crippen LogP contribution in [0.2, 0.25) is 0 Å². The highest BCUT2D eigenvalue weighted by molar-refractivity contribution is 5.69. The van der Waals surface area contributed by atoms with Crippen LogP contribution >= 0.6 is 0 Å². The summed E-state index contributed by atoms with van der Waals surface area (Å²) in [5.41, 5.74) is 0. The Balaban J connectivity index is 3.29. The molecule has 0 saturated heterocycles. The lowest BCUT2D eigenvalue weighted by atomic mass is 10.3. The summed E-state index contributed by atoms with van der Waals surface area (Å²) in [7, 11) is 0. The summed E-state index contributed by atoms with van der Waals surface area (Å²) >= 11 is 0. The maximum atomic E-state index is 10.9. The SMILES string of the molecule is CCCC(=O)OC(O)COCCOCCO. The third kappa shape index (κ3) is 9.85. The molecule has 6 heteroatoms.